The minimum absolute atomic E-state index is 0.0442. The minimum atomic E-state index is -0.208. The van der Waals surface area contributed by atoms with E-state index in [2.05, 4.69) is 10.3 Å². The number of nitrogens with one attached hydrogen (secondary N) is 1. The molecule has 130 valence electrons. The second-order valence-corrected chi connectivity index (χ2v) is 6.55. The molecule has 0 fully saturated rings. The van der Waals surface area contributed by atoms with Gasteiger partial charge in [0.15, 0.2) is 5.12 Å². The second-order valence-electron chi connectivity index (χ2n) is 5.28. The summed E-state index contributed by atoms with van der Waals surface area (Å²) < 4.78 is 0. The Kier molecular flexibility index (Phi) is 7.72. The van der Waals surface area contributed by atoms with Crippen molar-refractivity contribution in [2.45, 2.75) is 13.5 Å². The highest BCUT2D eigenvalue weighted by atomic mass is 32.2. The summed E-state index contributed by atoms with van der Waals surface area (Å²) in [5, 5.41) is 2.92. The highest BCUT2D eigenvalue weighted by Crippen LogP contribution is 2.07. The normalized spacial score (nSPS) is 10.6. The Labute approximate surface area is 152 Å². The van der Waals surface area contributed by atoms with Crippen molar-refractivity contribution < 1.29 is 9.59 Å². The van der Waals surface area contributed by atoms with Crippen LogP contribution in [0, 0.1) is 0 Å². The molecule has 0 unspecified atom stereocenters. The van der Waals surface area contributed by atoms with Gasteiger partial charge in [-0.2, -0.15) is 0 Å². The molecule has 0 spiro atoms. The molecule has 0 saturated carbocycles. The van der Waals surface area contributed by atoms with Crippen LogP contribution < -0.4 is 5.32 Å². The van der Waals surface area contributed by atoms with Crippen LogP contribution in [0.3, 0.4) is 0 Å². The minimum Gasteiger partial charge on any atom is -0.334 e. The molecule has 2 amide bonds. The summed E-state index contributed by atoms with van der Waals surface area (Å²) in [5.41, 5.74) is 1.94. The zero-order valence-corrected chi connectivity index (χ0v) is 14.9. The second kappa shape index (κ2) is 10.3. The lowest BCUT2D eigenvalue weighted by atomic mass is 10.2. The van der Waals surface area contributed by atoms with E-state index >= 15 is 0 Å². The predicted molar refractivity (Wildman–Crippen MR) is 102 cm³/mol. The maximum atomic E-state index is 12.5. The SMILES string of the molecule is CC(=O)SCCN(C=Cc1ccccc1)C(=O)NCc1cccnc1. The molecular weight excluding hydrogens is 334 g/mol. The Morgan fingerprint density at radius 2 is 2.00 bits per heavy atom. The number of rotatable bonds is 7. The average molecular weight is 355 g/mol. The van der Waals surface area contributed by atoms with Gasteiger partial charge in [0.1, 0.15) is 0 Å². The summed E-state index contributed by atoms with van der Waals surface area (Å²) >= 11 is 1.21. The van der Waals surface area contributed by atoms with E-state index in [9.17, 15) is 9.59 Å². The van der Waals surface area contributed by atoms with E-state index in [0.29, 0.717) is 18.8 Å². The fourth-order valence-corrected chi connectivity index (χ4v) is 2.63. The van der Waals surface area contributed by atoms with E-state index in [1.807, 2.05) is 48.5 Å². The van der Waals surface area contributed by atoms with Crippen molar-refractivity contribution in [1.82, 2.24) is 15.2 Å². The molecule has 0 aliphatic carbocycles. The van der Waals surface area contributed by atoms with Crippen LogP contribution in [0.5, 0.6) is 0 Å². The van der Waals surface area contributed by atoms with Crippen LogP contribution in [-0.2, 0) is 11.3 Å². The Morgan fingerprint density at radius 1 is 1.20 bits per heavy atom. The number of hydrogen-bond donors (Lipinski definition) is 1. The lowest BCUT2D eigenvalue weighted by Gasteiger charge is -2.19. The van der Waals surface area contributed by atoms with Gasteiger partial charge in [-0.25, -0.2) is 4.79 Å². The van der Waals surface area contributed by atoms with Crippen LogP contribution in [-0.4, -0.2) is 33.3 Å². The highest BCUT2D eigenvalue weighted by Gasteiger charge is 2.10. The van der Waals surface area contributed by atoms with Crippen molar-refractivity contribution in [3.8, 4) is 0 Å². The summed E-state index contributed by atoms with van der Waals surface area (Å²) in [5.74, 6) is 0.550. The van der Waals surface area contributed by atoms with E-state index < -0.39 is 0 Å². The molecule has 5 nitrogen and oxygen atoms in total. The van der Waals surface area contributed by atoms with Crippen LogP contribution in [0.25, 0.3) is 6.08 Å². The Hall–Kier alpha value is -2.60. The quantitative estimate of drug-likeness (QED) is 0.825. The molecule has 6 heteroatoms. The maximum Gasteiger partial charge on any atom is 0.321 e. The molecule has 0 aliphatic heterocycles. The van der Waals surface area contributed by atoms with Crippen molar-refractivity contribution in [1.29, 1.82) is 0 Å². The van der Waals surface area contributed by atoms with Crippen LogP contribution in [0.2, 0.25) is 0 Å². The number of aromatic nitrogens is 1. The van der Waals surface area contributed by atoms with Gasteiger partial charge in [-0.1, -0.05) is 48.2 Å². The summed E-state index contributed by atoms with van der Waals surface area (Å²) in [7, 11) is 0. The zero-order chi connectivity index (χ0) is 17.9. The number of carbonyl (C=O) groups is 2. The van der Waals surface area contributed by atoms with Gasteiger partial charge >= 0.3 is 6.03 Å². The summed E-state index contributed by atoms with van der Waals surface area (Å²) in [6, 6.07) is 13.3. The Balaban J connectivity index is 1.97. The Bertz CT molecular complexity index is 705. The largest absolute Gasteiger partial charge is 0.334 e. The molecule has 1 heterocycles. The molecule has 2 aromatic rings. The van der Waals surface area contributed by atoms with Crippen LogP contribution in [0.4, 0.5) is 4.79 Å². The number of hydrogen-bond acceptors (Lipinski definition) is 4. The summed E-state index contributed by atoms with van der Waals surface area (Å²) in [6.07, 6.45) is 7.03. The highest BCUT2D eigenvalue weighted by molar-refractivity contribution is 8.13. The average Bonchev–Trinajstić information content (AvgIpc) is 2.64. The number of amides is 2. The van der Waals surface area contributed by atoms with E-state index in [4.69, 9.17) is 0 Å². The van der Waals surface area contributed by atoms with E-state index in [0.717, 1.165) is 11.1 Å². The van der Waals surface area contributed by atoms with Crippen molar-refractivity contribution in [2.24, 2.45) is 0 Å². The molecule has 1 N–H and O–H groups in total. The van der Waals surface area contributed by atoms with Gasteiger partial charge in [-0.3, -0.25) is 9.78 Å². The molecule has 2 rings (SSSR count). The first kappa shape index (κ1) is 18.7. The lowest BCUT2D eigenvalue weighted by Crippen LogP contribution is -2.37. The van der Waals surface area contributed by atoms with Gasteiger partial charge in [0, 0.05) is 44.4 Å². The third-order valence-corrected chi connectivity index (χ3v) is 4.10. The Morgan fingerprint density at radius 3 is 2.68 bits per heavy atom. The molecule has 0 aliphatic rings. The summed E-state index contributed by atoms with van der Waals surface area (Å²) in [6.45, 7) is 2.38. The van der Waals surface area contributed by atoms with Gasteiger partial charge in [-0.15, -0.1) is 0 Å². The molecule has 0 bridgehead atoms. The van der Waals surface area contributed by atoms with E-state index in [1.165, 1.54) is 18.7 Å². The summed E-state index contributed by atoms with van der Waals surface area (Å²) in [4.78, 5) is 29.2. The number of carbonyl (C=O) groups excluding carboxylic acids is 2. The van der Waals surface area contributed by atoms with Crippen molar-refractivity contribution >= 4 is 29.0 Å². The van der Waals surface area contributed by atoms with Gasteiger partial charge in [0.05, 0.1) is 0 Å². The van der Waals surface area contributed by atoms with Gasteiger partial charge in [0.2, 0.25) is 0 Å². The monoisotopic (exact) mass is 355 g/mol. The molecule has 0 radical (unpaired) electrons. The van der Waals surface area contributed by atoms with Crippen LogP contribution in [0.15, 0.2) is 61.1 Å². The molecule has 25 heavy (non-hydrogen) atoms. The predicted octanol–water partition coefficient (Wildman–Crippen LogP) is 3.54. The number of nitrogens with zero attached hydrogens (tertiary/aromatic N) is 2. The zero-order valence-electron chi connectivity index (χ0n) is 14.1. The topological polar surface area (TPSA) is 62.3 Å². The molecule has 1 aromatic heterocycles. The first-order valence-electron chi connectivity index (χ1n) is 7.95. The number of urea groups is 1. The fraction of sp³-hybridized carbons (Fsp3) is 0.211. The van der Waals surface area contributed by atoms with E-state index in [-0.39, 0.29) is 11.1 Å². The van der Waals surface area contributed by atoms with E-state index in [1.54, 1.807) is 23.5 Å². The maximum absolute atomic E-state index is 12.5. The molecular formula is C19H21N3O2S. The van der Waals surface area contributed by atoms with Gasteiger partial charge in [0.25, 0.3) is 0 Å². The van der Waals surface area contributed by atoms with Gasteiger partial charge in [-0.05, 0) is 23.3 Å². The first-order valence-corrected chi connectivity index (χ1v) is 8.93. The lowest BCUT2D eigenvalue weighted by molar-refractivity contribution is -0.109. The van der Waals surface area contributed by atoms with Crippen molar-refractivity contribution in [3.05, 3.63) is 72.2 Å². The number of benzene rings is 1. The fourth-order valence-electron chi connectivity index (χ4n) is 2.05. The first-order chi connectivity index (χ1) is 12.1. The van der Waals surface area contributed by atoms with Crippen LogP contribution in [0.1, 0.15) is 18.1 Å². The number of pyridine rings is 1. The molecule has 0 atom stereocenters. The number of thioether (sulfide) groups is 1. The molecule has 0 saturated heterocycles. The van der Waals surface area contributed by atoms with Crippen molar-refractivity contribution in [3.63, 3.8) is 0 Å². The third kappa shape index (κ3) is 7.22. The van der Waals surface area contributed by atoms with Crippen LogP contribution >= 0.6 is 11.8 Å². The van der Waals surface area contributed by atoms with Gasteiger partial charge < -0.3 is 10.2 Å². The smallest absolute Gasteiger partial charge is 0.321 e. The molecule has 1 aromatic carbocycles. The van der Waals surface area contributed by atoms with Crippen molar-refractivity contribution in [2.75, 3.05) is 12.3 Å². The standard InChI is InChI=1S/C19H21N3O2S/c1-16(23)25-13-12-22(11-9-17-6-3-2-4-7-17)19(24)21-15-18-8-5-10-20-14-18/h2-11,14H,12-13,15H2,1H3,(H,21,24). The third-order valence-electron chi connectivity index (χ3n) is 3.31.